The lowest BCUT2D eigenvalue weighted by Gasteiger charge is -2.26. The van der Waals surface area contributed by atoms with Crippen molar-refractivity contribution < 1.29 is 9.53 Å². The fourth-order valence-corrected chi connectivity index (χ4v) is 1.94. The molecule has 1 aromatic rings. The average molecular weight is 252 g/mol. The zero-order valence-electron chi connectivity index (χ0n) is 10.7. The summed E-state index contributed by atoms with van der Waals surface area (Å²) in [5.41, 5.74) is 0. The van der Waals surface area contributed by atoms with Gasteiger partial charge in [-0.05, 0) is 13.0 Å². The Morgan fingerprint density at radius 2 is 2.28 bits per heavy atom. The first-order chi connectivity index (χ1) is 8.77. The van der Waals surface area contributed by atoms with Crippen molar-refractivity contribution in [2.75, 3.05) is 39.4 Å². The molecule has 2 rings (SSSR count). The van der Waals surface area contributed by atoms with Gasteiger partial charge in [-0.15, -0.1) is 0 Å². The van der Waals surface area contributed by atoms with E-state index >= 15 is 0 Å². The maximum atomic E-state index is 11.9. The molecular formula is C12H20N4O2. The van der Waals surface area contributed by atoms with E-state index in [4.69, 9.17) is 4.74 Å². The number of ether oxygens (including phenoxy) is 1. The number of amides is 1. The number of rotatable bonds is 5. The molecule has 1 fully saturated rings. The molecule has 1 N–H and O–H groups in total. The van der Waals surface area contributed by atoms with Crippen molar-refractivity contribution in [3.8, 4) is 0 Å². The summed E-state index contributed by atoms with van der Waals surface area (Å²) in [6.45, 7) is 6.87. The predicted molar refractivity (Wildman–Crippen MR) is 67.2 cm³/mol. The zero-order chi connectivity index (χ0) is 12.8. The molecule has 0 radical (unpaired) electrons. The van der Waals surface area contributed by atoms with Crippen LogP contribution in [0.4, 0.5) is 0 Å². The second kappa shape index (κ2) is 6.51. The minimum Gasteiger partial charge on any atom is -0.379 e. The van der Waals surface area contributed by atoms with E-state index < -0.39 is 0 Å². The van der Waals surface area contributed by atoms with E-state index in [1.807, 2.05) is 13.0 Å². The minimum absolute atomic E-state index is 0.00644. The van der Waals surface area contributed by atoms with Crippen LogP contribution < -0.4 is 5.32 Å². The summed E-state index contributed by atoms with van der Waals surface area (Å²) in [6, 6.07) is 1.56. The number of carbonyl (C=O) groups is 1. The molecule has 0 spiro atoms. The summed E-state index contributed by atoms with van der Waals surface area (Å²) < 4.78 is 6.93. The standard InChI is InChI=1S/C12H20N4O2/c1-11(16-5-2-3-14-16)12(17)13-4-6-15-7-9-18-10-8-15/h2-3,5,11H,4,6-10H2,1H3,(H,13,17)/t11-/m0/s1. The normalized spacial score (nSPS) is 18.5. The monoisotopic (exact) mass is 252 g/mol. The van der Waals surface area contributed by atoms with Crippen LogP contribution in [0.2, 0.25) is 0 Å². The second-order valence-corrected chi connectivity index (χ2v) is 4.41. The lowest BCUT2D eigenvalue weighted by atomic mass is 10.3. The molecule has 0 aromatic carbocycles. The predicted octanol–water partition coefficient (Wildman–Crippen LogP) is -0.107. The van der Waals surface area contributed by atoms with Crippen molar-refractivity contribution in [1.29, 1.82) is 0 Å². The van der Waals surface area contributed by atoms with E-state index in [2.05, 4.69) is 15.3 Å². The molecule has 1 amide bonds. The topological polar surface area (TPSA) is 59.4 Å². The highest BCUT2D eigenvalue weighted by molar-refractivity contribution is 5.79. The Balaban J connectivity index is 1.68. The van der Waals surface area contributed by atoms with E-state index in [1.165, 1.54) is 0 Å². The first kappa shape index (κ1) is 13.0. The average Bonchev–Trinajstić information content (AvgIpc) is 2.93. The van der Waals surface area contributed by atoms with E-state index in [0.29, 0.717) is 6.54 Å². The second-order valence-electron chi connectivity index (χ2n) is 4.41. The van der Waals surface area contributed by atoms with Crippen LogP contribution in [0.3, 0.4) is 0 Å². The largest absolute Gasteiger partial charge is 0.379 e. The molecule has 2 heterocycles. The molecule has 0 saturated carbocycles. The Labute approximate surface area is 107 Å². The van der Waals surface area contributed by atoms with Crippen LogP contribution in [-0.2, 0) is 9.53 Å². The maximum Gasteiger partial charge on any atom is 0.244 e. The molecule has 0 bridgehead atoms. The van der Waals surface area contributed by atoms with Gasteiger partial charge in [0.15, 0.2) is 0 Å². The van der Waals surface area contributed by atoms with Gasteiger partial charge in [0.1, 0.15) is 6.04 Å². The highest BCUT2D eigenvalue weighted by Gasteiger charge is 2.15. The van der Waals surface area contributed by atoms with Gasteiger partial charge in [0.25, 0.3) is 0 Å². The third-order valence-corrected chi connectivity index (χ3v) is 3.13. The molecule has 6 heteroatoms. The SMILES string of the molecule is C[C@@H](C(=O)NCCN1CCOCC1)n1cccn1. The Kier molecular flexibility index (Phi) is 4.72. The Morgan fingerprint density at radius 1 is 1.50 bits per heavy atom. The number of hydrogen-bond donors (Lipinski definition) is 1. The number of morpholine rings is 1. The summed E-state index contributed by atoms with van der Waals surface area (Å²) in [5, 5.41) is 7.00. The van der Waals surface area contributed by atoms with Crippen LogP contribution in [0.15, 0.2) is 18.5 Å². The third-order valence-electron chi connectivity index (χ3n) is 3.13. The summed E-state index contributed by atoms with van der Waals surface area (Å²) in [5.74, 6) is 0.00644. The highest BCUT2D eigenvalue weighted by Crippen LogP contribution is 2.02. The minimum atomic E-state index is -0.260. The van der Waals surface area contributed by atoms with Crippen molar-refractivity contribution >= 4 is 5.91 Å². The van der Waals surface area contributed by atoms with E-state index in [0.717, 1.165) is 32.8 Å². The fourth-order valence-electron chi connectivity index (χ4n) is 1.94. The molecule has 0 aliphatic carbocycles. The molecule has 1 saturated heterocycles. The summed E-state index contributed by atoms with van der Waals surface area (Å²) in [7, 11) is 0. The van der Waals surface area contributed by atoms with Crippen LogP contribution in [0.5, 0.6) is 0 Å². The maximum absolute atomic E-state index is 11.9. The summed E-state index contributed by atoms with van der Waals surface area (Å²) in [6.07, 6.45) is 3.48. The van der Waals surface area contributed by atoms with Gasteiger partial charge < -0.3 is 10.1 Å². The van der Waals surface area contributed by atoms with Crippen LogP contribution >= 0.6 is 0 Å². The van der Waals surface area contributed by atoms with Gasteiger partial charge in [-0.25, -0.2) is 0 Å². The molecule has 1 atom stereocenters. The Morgan fingerprint density at radius 3 is 2.94 bits per heavy atom. The molecule has 1 aromatic heterocycles. The smallest absolute Gasteiger partial charge is 0.244 e. The quantitative estimate of drug-likeness (QED) is 0.794. The molecule has 100 valence electrons. The lowest BCUT2D eigenvalue weighted by Crippen LogP contribution is -2.42. The summed E-state index contributed by atoms with van der Waals surface area (Å²) >= 11 is 0. The number of aromatic nitrogens is 2. The van der Waals surface area contributed by atoms with Gasteiger partial charge in [-0.1, -0.05) is 0 Å². The van der Waals surface area contributed by atoms with Crippen LogP contribution in [0.1, 0.15) is 13.0 Å². The number of nitrogens with zero attached hydrogens (tertiary/aromatic N) is 3. The summed E-state index contributed by atoms with van der Waals surface area (Å²) in [4.78, 5) is 14.2. The first-order valence-corrected chi connectivity index (χ1v) is 6.34. The first-order valence-electron chi connectivity index (χ1n) is 6.34. The Bertz CT molecular complexity index is 360. The lowest BCUT2D eigenvalue weighted by molar-refractivity contribution is -0.124. The van der Waals surface area contributed by atoms with E-state index in [1.54, 1.807) is 17.1 Å². The van der Waals surface area contributed by atoms with Crippen molar-refractivity contribution in [2.45, 2.75) is 13.0 Å². The Hall–Kier alpha value is -1.40. The van der Waals surface area contributed by atoms with Gasteiger partial charge in [0, 0.05) is 38.6 Å². The van der Waals surface area contributed by atoms with Crippen molar-refractivity contribution in [2.24, 2.45) is 0 Å². The van der Waals surface area contributed by atoms with E-state index in [9.17, 15) is 4.79 Å². The number of nitrogens with one attached hydrogen (secondary N) is 1. The van der Waals surface area contributed by atoms with Gasteiger partial charge in [-0.3, -0.25) is 14.4 Å². The fraction of sp³-hybridized carbons (Fsp3) is 0.667. The third kappa shape index (κ3) is 3.54. The molecular weight excluding hydrogens is 232 g/mol. The molecule has 0 unspecified atom stereocenters. The highest BCUT2D eigenvalue weighted by atomic mass is 16.5. The zero-order valence-corrected chi connectivity index (χ0v) is 10.7. The number of carbonyl (C=O) groups excluding carboxylic acids is 1. The van der Waals surface area contributed by atoms with Gasteiger partial charge in [-0.2, -0.15) is 5.10 Å². The molecule has 18 heavy (non-hydrogen) atoms. The molecule has 6 nitrogen and oxygen atoms in total. The van der Waals surface area contributed by atoms with Crippen molar-refractivity contribution in [3.63, 3.8) is 0 Å². The van der Waals surface area contributed by atoms with Crippen LogP contribution in [-0.4, -0.2) is 60.0 Å². The molecule has 1 aliphatic rings. The van der Waals surface area contributed by atoms with Gasteiger partial charge in [0.05, 0.1) is 13.2 Å². The van der Waals surface area contributed by atoms with Gasteiger partial charge >= 0.3 is 0 Å². The van der Waals surface area contributed by atoms with Gasteiger partial charge in [0.2, 0.25) is 5.91 Å². The molecule has 1 aliphatic heterocycles. The number of hydrogen-bond acceptors (Lipinski definition) is 4. The van der Waals surface area contributed by atoms with E-state index in [-0.39, 0.29) is 11.9 Å². The van der Waals surface area contributed by atoms with Crippen molar-refractivity contribution in [3.05, 3.63) is 18.5 Å². The van der Waals surface area contributed by atoms with Crippen LogP contribution in [0.25, 0.3) is 0 Å². The van der Waals surface area contributed by atoms with Crippen LogP contribution in [0, 0.1) is 0 Å². The van der Waals surface area contributed by atoms with Crippen molar-refractivity contribution in [1.82, 2.24) is 20.0 Å².